The first kappa shape index (κ1) is 11.2. The van der Waals surface area contributed by atoms with Gasteiger partial charge in [-0.05, 0) is 0 Å². The van der Waals surface area contributed by atoms with Crippen LogP contribution in [0.3, 0.4) is 0 Å². The number of aryl methyl sites for hydroxylation is 2. The van der Waals surface area contributed by atoms with Crippen molar-refractivity contribution in [1.29, 1.82) is 0 Å². The van der Waals surface area contributed by atoms with E-state index in [4.69, 9.17) is 11.6 Å². The number of fused-ring (bicyclic) bond motifs is 1. The van der Waals surface area contributed by atoms with Crippen molar-refractivity contribution in [3.05, 3.63) is 32.5 Å². The molecule has 0 aliphatic rings. The molecule has 0 saturated heterocycles. The second-order valence-corrected chi connectivity index (χ2v) is 7.33. The standard InChI is InChI=1S/C12H13ClNTe/c1-8-4-5-11-10(6-8)14(3)12(15-11)7-9(2)13/h4-7H,1-3H3/q+1/b9-7+. The first-order valence-electron chi connectivity index (χ1n) is 4.81. The molecule has 0 radical (unpaired) electrons. The molecule has 0 fully saturated rings. The Labute approximate surface area is 105 Å². The van der Waals surface area contributed by atoms with Gasteiger partial charge in [0.15, 0.2) is 0 Å². The van der Waals surface area contributed by atoms with Crippen molar-refractivity contribution in [2.75, 3.05) is 0 Å². The third-order valence-electron chi connectivity index (χ3n) is 2.34. The van der Waals surface area contributed by atoms with E-state index < -0.39 is 0 Å². The van der Waals surface area contributed by atoms with Crippen molar-refractivity contribution in [3.8, 4) is 0 Å². The van der Waals surface area contributed by atoms with E-state index in [0.29, 0.717) is 0 Å². The molecule has 1 aromatic carbocycles. The average Bonchev–Trinajstić information content (AvgIpc) is 2.44. The van der Waals surface area contributed by atoms with Gasteiger partial charge in [-0.15, -0.1) is 0 Å². The van der Waals surface area contributed by atoms with Crippen LogP contribution in [0.25, 0.3) is 15.0 Å². The topological polar surface area (TPSA) is 3.88 Å². The number of hydrogen-bond acceptors (Lipinski definition) is 0. The van der Waals surface area contributed by atoms with Gasteiger partial charge in [0.1, 0.15) is 0 Å². The molecule has 0 N–H and O–H groups in total. The van der Waals surface area contributed by atoms with Crippen molar-refractivity contribution in [2.24, 2.45) is 7.05 Å². The molecule has 2 aromatic rings. The van der Waals surface area contributed by atoms with E-state index in [2.05, 4.69) is 42.8 Å². The number of nitrogens with zero attached hydrogens (tertiary/aromatic N) is 1. The van der Waals surface area contributed by atoms with Crippen LogP contribution in [0, 0.1) is 6.92 Å². The number of hydrogen-bond donors (Lipinski definition) is 0. The number of halogens is 1. The van der Waals surface area contributed by atoms with E-state index in [-0.39, 0.29) is 20.4 Å². The van der Waals surface area contributed by atoms with Gasteiger partial charge in [0.05, 0.1) is 0 Å². The van der Waals surface area contributed by atoms with Crippen LogP contribution in [0.15, 0.2) is 23.2 Å². The van der Waals surface area contributed by atoms with Gasteiger partial charge < -0.3 is 0 Å². The summed E-state index contributed by atoms with van der Waals surface area (Å²) in [5.74, 6) is 0. The summed E-state index contributed by atoms with van der Waals surface area (Å²) in [6.45, 7) is 4.07. The van der Waals surface area contributed by atoms with Crippen molar-refractivity contribution >= 4 is 47.0 Å². The molecule has 0 aliphatic carbocycles. The Morgan fingerprint density at radius 3 is 2.87 bits per heavy atom. The Morgan fingerprint density at radius 2 is 2.20 bits per heavy atom. The fourth-order valence-corrected chi connectivity index (χ4v) is 5.11. The number of allylic oxidation sites excluding steroid dienone is 1. The summed E-state index contributed by atoms with van der Waals surface area (Å²) in [7, 11) is 2.13. The molecular weight excluding hydrogens is 321 g/mol. The molecule has 0 amide bonds. The predicted octanol–water partition coefficient (Wildman–Crippen LogP) is 2.63. The van der Waals surface area contributed by atoms with Gasteiger partial charge in [0, 0.05) is 0 Å². The summed E-state index contributed by atoms with van der Waals surface area (Å²) < 4.78 is 5.18. The Morgan fingerprint density at radius 1 is 1.47 bits per heavy atom. The quantitative estimate of drug-likeness (QED) is 0.558. The molecule has 15 heavy (non-hydrogen) atoms. The first-order valence-corrected chi connectivity index (χ1v) is 7.52. The summed E-state index contributed by atoms with van der Waals surface area (Å²) in [6.07, 6.45) is 2.10. The number of benzene rings is 1. The Hall–Kier alpha value is -0.290. The van der Waals surface area contributed by atoms with Crippen molar-refractivity contribution in [1.82, 2.24) is 0 Å². The second-order valence-electron chi connectivity index (χ2n) is 3.70. The monoisotopic (exact) mass is 336 g/mol. The summed E-state index contributed by atoms with van der Waals surface area (Å²) in [5.41, 5.74) is 2.68. The van der Waals surface area contributed by atoms with Crippen LogP contribution in [-0.4, -0.2) is 20.4 Å². The molecule has 1 nitrogen and oxygen atoms in total. The molecule has 0 aliphatic heterocycles. The summed E-state index contributed by atoms with van der Waals surface area (Å²) in [5, 5.41) is 0.867. The summed E-state index contributed by atoms with van der Waals surface area (Å²) in [6, 6.07) is 6.70. The van der Waals surface area contributed by atoms with Crippen LogP contribution in [0.2, 0.25) is 0 Å². The Kier molecular flexibility index (Phi) is 3.21. The maximum atomic E-state index is 5.93. The molecular formula is C12H13ClNTe+. The van der Waals surface area contributed by atoms with Crippen LogP contribution in [0.5, 0.6) is 0 Å². The van der Waals surface area contributed by atoms with Gasteiger partial charge in [0.25, 0.3) is 0 Å². The van der Waals surface area contributed by atoms with Gasteiger partial charge in [-0.3, -0.25) is 0 Å². The van der Waals surface area contributed by atoms with Crippen LogP contribution < -0.4 is 4.57 Å². The minimum atomic E-state index is -0.236. The van der Waals surface area contributed by atoms with Crippen molar-refractivity contribution in [3.63, 3.8) is 0 Å². The van der Waals surface area contributed by atoms with Gasteiger partial charge in [0.2, 0.25) is 0 Å². The third kappa shape index (κ3) is 2.28. The van der Waals surface area contributed by atoms with Crippen molar-refractivity contribution < 1.29 is 4.57 Å². The fraction of sp³-hybridized carbons (Fsp3) is 0.250. The molecule has 0 unspecified atom stereocenters. The second kappa shape index (κ2) is 4.29. The maximum absolute atomic E-state index is 5.93. The van der Waals surface area contributed by atoms with E-state index >= 15 is 0 Å². The molecule has 1 aromatic heterocycles. The van der Waals surface area contributed by atoms with Gasteiger partial charge in [-0.1, -0.05) is 0 Å². The van der Waals surface area contributed by atoms with Gasteiger partial charge in [-0.25, -0.2) is 0 Å². The van der Waals surface area contributed by atoms with Crippen LogP contribution in [-0.2, 0) is 7.05 Å². The van der Waals surface area contributed by atoms with Gasteiger partial charge >= 0.3 is 105 Å². The van der Waals surface area contributed by atoms with Gasteiger partial charge in [-0.2, -0.15) is 0 Å². The number of aromatic nitrogens is 1. The molecule has 0 bridgehead atoms. The van der Waals surface area contributed by atoms with Crippen LogP contribution >= 0.6 is 11.6 Å². The predicted molar refractivity (Wildman–Crippen MR) is 66.3 cm³/mol. The van der Waals surface area contributed by atoms with E-state index in [9.17, 15) is 0 Å². The van der Waals surface area contributed by atoms with Crippen LogP contribution in [0.4, 0.5) is 0 Å². The molecule has 1 heterocycles. The molecule has 0 spiro atoms. The van der Waals surface area contributed by atoms with E-state index in [1.54, 1.807) is 0 Å². The summed E-state index contributed by atoms with van der Waals surface area (Å²) in [4.78, 5) is 0. The Bertz CT molecular complexity index is 536. The van der Waals surface area contributed by atoms with Crippen molar-refractivity contribution in [2.45, 2.75) is 13.8 Å². The molecule has 3 heteroatoms. The number of rotatable bonds is 1. The fourth-order valence-electron chi connectivity index (χ4n) is 1.57. The molecule has 78 valence electrons. The van der Waals surface area contributed by atoms with E-state index in [0.717, 1.165) is 5.03 Å². The third-order valence-corrected chi connectivity index (χ3v) is 5.78. The zero-order valence-corrected chi connectivity index (χ0v) is 12.1. The molecule has 0 saturated carbocycles. The zero-order valence-electron chi connectivity index (χ0n) is 9.04. The van der Waals surface area contributed by atoms with Crippen LogP contribution in [0.1, 0.15) is 16.2 Å². The summed E-state index contributed by atoms with van der Waals surface area (Å²) >= 11 is 5.70. The average molecular weight is 334 g/mol. The zero-order chi connectivity index (χ0) is 11.0. The molecule has 0 atom stereocenters. The molecule has 2 rings (SSSR count). The van der Waals surface area contributed by atoms with E-state index in [1.165, 1.54) is 18.2 Å². The SMILES string of the molecule is C/C(Cl)=C\c1[te]c2ccc(C)cc2[n+]1C. The normalized spacial score (nSPS) is 12.4. The Balaban J connectivity index is 2.70. The van der Waals surface area contributed by atoms with E-state index in [1.807, 2.05) is 6.92 Å². The minimum absolute atomic E-state index is 0.236. The first-order chi connectivity index (χ1) is 7.08.